The Labute approximate surface area is 111 Å². The largest absolute Gasteiger partial charge is 0.478 e. The zero-order chi connectivity index (χ0) is 12.3. The molecule has 5 heteroatoms. The van der Waals surface area contributed by atoms with E-state index in [9.17, 15) is 4.79 Å². The van der Waals surface area contributed by atoms with Crippen LogP contribution in [0, 0.1) is 3.57 Å². The number of aromatic nitrogens is 1. The smallest absolute Gasteiger partial charge is 0.339 e. The minimum Gasteiger partial charge on any atom is -0.478 e. The van der Waals surface area contributed by atoms with E-state index in [-0.39, 0.29) is 11.3 Å². The van der Waals surface area contributed by atoms with Gasteiger partial charge in [0.05, 0.1) is 6.20 Å². The van der Waals surface area contributed by atoms with E-state index < -0.39 is 5.97 Å². The Morgan fingerprint density at radius 1 is 1.24 bits per heavy atom. The summed E-state index contributed by atoms with van der Waals surface area (Å²) >= 11 is 2.18. The van der Waals surface area contributed by atoms with Crippen molar-refractivity contribution < 1.29 is 14.6 Å². The lowest BCUT2D eigenvalue weighted by Crippen LogP contribution is -2.00. The lowest BCUT2D eigenvalue weighted by molar-refractivity contribution is 0.0694. The van der Waals surface area contributed by atoms with Gasteiger partial charge < -0.3 is 9.84 Å². The van der Waals surface area contributed by atoms with Gasteiger partial charge in [0.25, 0.3) is 0 Å². The molecule has 0 bridgehead atoms. The van der Waals surface area contributed by atoms with Gasteiger partial charge in [0.2, 0.25) is 0 Å². The molecule has 0 saturated heterocycles. The minimum absolute atomic E-state index is 0.0959. The van der Waals surface area contributed by atoms with Crippen molar-refractivity contribution in [3.8, 4) is 11.5 Å². The second-order valence-electron chi connectivity index (χ2n) is 3.23. The van der Waals surface area contributed by atoms with E-state index in [2.05, 4.69) is 27.6 Å². The van der Waals surface area contributed by atoms with Gasteiger partial charge in [-0.2, -0.15) is 0 Å². The molecule has 0 amide bonds. The van der Waals surface area contributed by atoms with Gasteiger partial charge in [-0.1, -0.05) is 0 Å². The number of nitrogens with zero attached hydrogens (tertiary/aromatic N) is 1. The first-order valence-corrected chi connectivity index (χ1v) is 5.85. The molecule has 1 heterocycles. The summed E-state index contributed by atoms with van der Waals surface area (Å²) in [6.07, 6.45) is 2.81. The zero-order valence-corrected chi connectivity index (χ0v) is 10.8. The van der Waals surface area contributed by atoms with Crippen LogP contribution in [0.2, 0.25) is 0 Å². The van der Waals surface area contributed by atoms with Crippen LogP contribution in [0.15, 0.2) is 42.7 Å². The predicted molar refractivity (Wildman–Crippen MR) is 70.4 cm³/mol. The van der Waals surface area contributed by atoms with Crippen LogP contribution in [0.1, 0.15) is 10.4 Å². The molecule has 0 unspecified atom stereocenters. The molecule has 1 aromatic heterocycles. The third kappa shape index (κ3) is 2.94. The van der Waals surface area contributed by atoms with Crippen LogP contribution in [0.5, 0.6) is 11.5 Å². The minimum atomic E-state index is -1.03. The van der Waals surface area contributed by atoms with Crippen LogP contribution < -0.4 is 4.74 Å². The number of carboxylic acid groups (broad SMARTS) is 1. The van der Waals surface area contributed by atoms with Crippen molar-refractivity contribution in [1.82, 2.24) is 4.98 Å². The number of pyridine rings is 1. The third-order valence-electron chi connectivity index (χ3n) is 2.06. The lowest BCUT2D eigenvalue weighted by Gasteiger charge is -2.07. The monoisotopic (exact) mass is 341 g/mol. The highest BCUT2D eigenvalue weighted by Crippen LogP contribution is 2.24. The maximum Gasteiger partial charge on any atom is 0.339 e. The summed E-state index contributed by atoms with van der Waals surface area (Å²) in [7, 11) is 0. The highest BCUT2D eigenvalue weighted by Gasteiger charge is 2.11. The quantitative estimate of drug-likeness (QED) is 0.872. The molecule has 0 spiro atoms. The first kappa shape index (κ1) is 11.8. The average Bonchev–Trinajstić information content (AvgIpc) is 2.32. The number of aromatic carboxylic acids is 1. The number of carbonyl (C=O) groups is 1. The molecule has 2 aromatic rings. The van der Waals surface area contributed by atoms with Crippen LogP contribution in [0.4, 0.5) is 0 Å². The van der Waals surface area contributed by atoms with Gasteiger partial charge in [-0.3, -0.25) is 4.98 Å². The number of rotatable bonds is 3. The summed E-state index contributed by atoms with van der Waals surface area (Å²) in [4.78, 5) is 14.8. The maximum absolute atomic E-state index is 11.0. The van der Waals surface area contributed by atoms with Crippen molar-refractivity contribution in [1.29, 1.82) is 0 Å². The highest BCUT2D eigenvalue weighted by atomic mass is 127. The highest BCUT2D eigenvalue weighted by molar-refractivity contribution is 14.1. The van der Waals surface area contributed by atoms with E-state index in [0.717, 1.165) is 3.57 Å². The molecule has 86 valence electrons. The molecule has 0 aliphatic heterocycles. The number of hydrogen-bond donors (Lipinski definition) is 1. The third-order valence-corrected chi connectivity index (χ3v) is 2.78. The van der Waals surface area contributed by atoms with Gasteiger partial charge in [0.15, 0.2) is 5.75 Å². The first-order valence-electron chi connectivity index (χ1n) is 4.77. The van der Waals surface area contributed by atoms with Crippen molar-refractivity contribution in [3.63, 3.8) is 0 Å². The molecule has 0 saturated carbocycles. The fourth-order valence-electron chi connectivity index (χ4n) is 1.27. The van der Waals surface area contributed by atoms with Crippen LogP contribution in [0.3, 0.4) is 0 Å². The van der Waals surface area contributed by atoms with Gasteiger partial charge in [-0.05, 0) is 52.9 Å². The summed E-state index contributed by atoms with van der Waals surface area (Å²) in [5.41, 5.74) is 0.0959. The zero-order valence-electron chi connectivity index (χ0n) is 8.63. The van der Waals surface area contributed by atoms with Crippen molar-refractivity contribution in [2.45, 2.75) is 0 Å². The molecule has 4 nitrogen and oxygen atoms in total. The topological polar surface area (TPSA) is 59.4 Å². The Morgan fingerprint density at radius 3 is 2.59 bits per heavy atom. The lowest BCUT2D eigenvalue weighted by atomic mass is 10.2. The molecule has 1 aromatic carbocycles. The summed E-state index contributed by atoms with van der Waals surface area (Å²) in [6.45, 7) is 0. The average molecular weight is 341 g/mol. The standard InChI is InChI=1S/C12H8INO3/c13-8-1-3-9(4-2-8)17-11-7-14-6-5-10(11)12(15)16/h1-7H,(H,15,16). The summed E-state index contributed by atoms with van der Waals surface area (Å²) < 4.78 is 6.56. The summed E-state index contributed by atoms with van der Waals surface area (Å²) in [6, 6.07) is 8.73. The molecular formula is C12H8INO3. The van der Waals surface area contributed by atoms with Crippen molar-refractivity contribution >= 4 is 28.6 Å². The molecule has 0 fully saturated rings. The van der Waals surface area contributed by atoms with Crippen molar-refractivity contribution in [3.05, 3.63) is 51.9 Å². The Balaban J connectivity index is 2.30. The van der Waals surface area contributed by atoms with Crippen LogP contribution in [-0.4, -0.2) is 16.1 Å². The molecule has 0 radical (unpaired) electrons. The second kappa shape index (κ2) is 5.13. The predicted octanol–water partition coefficient (Wildman–Crippen LogP) is 3.18. The molecule has 1 N–H and O–H groups in total. The first-order chi connectivity index (χ1) is 8.16. The van der Waals surface area contributed by atoms with E-state index in [1.54, 1.807) is 12.1 Å². The van der Waals surface area contributed by atoms with E-state index in [0.29, 0.717) is 5.75 Å². The van der Waals surface area contributed by atoms with Crippen molar-refractivity contribution in [2.24, 2.45) is 0 Å². The molecule has 0 aliphatic carbocycles. The summed E-state index contributed by atoms with van der Waals surface area (Å²) in [5.74, 6) is -0.213. The Bertz CT molecular complexity index is 540. The number of hydrogen-bond acceptors (Lipinski definition) is 3. The van der Waals surface area contributed by atoms with Gasteiger partial charge in [0.1, 0.15) is 11.3 Å². The SMILES string of the molecule is O=C(O)c1ccncc1Oc1ccc(I)cc1. The molecule has 2 rings (SSSR count). The second-order valence-corrected chi connectivity index (χ2v) is 4.48. The van der Waals surface area contributed by atoms with Crippen LogP contribution in [0.25, 0.3) is 0 Å². The Hall–Kier alpha value is -1.63. The Kier molecular flexibility index (Phi) is 3.58. The maximum atomic E-state index is 11.0. The molecule has 17 heavy (non-hydrogen) atoms. The summed E-state index contributed by atoms with van der Waals surface area (Å²) in [5, 5.41) is 8.98. The molecular weight excluding hydrogens is 333 g/mol. The molecule has 0 atom stereocenters. The van der Waals surface area contributed by atoms with Crippen LogP contribution >= 0.6 is 22.6 Å². The van der Waals surface area contributed by atoms with Gasteiger partial charge >= 0.3 is 5.97 Å². The Morgan fingerprint density at radius 2 is 1.94 bits per heavy atom. The van der Waals surface area contributed by atoms with Crippen molar-refractivity contribution in [2.75, 3.05) is 0 Å². The normalized spacial score (nSPS) is 9.94. The van der Waals surface area contributed by atoms with Gasteiger partial charge in [-0.15, -0.1) is 0 Å². The van der Waals surface area contributed by atoms with E-state index in [1.807, 2.05) is 12.1 Å². The fraction of sp³-hybridized carbons (Fsp3) is 0. The van der Waals surface area contributed by atoms with Gasteiger partial charge in [0, 0.05) is 9.77 Å². The number of ether oxygens (including phenoxy) is 1. The number of halogens is 1. The number of carboxylic acids is 1. The number of benzene rings is 1. The van der Waals surface area contributed by atoms with E-state index in [1.165, 1.54) is 18.5 Å². The van der Waals surface area contributed by atoms with Crippen LogP contribution in [-0.2, 0) is 0 Å². The van der Waals surface area contributed by atoms with Gasteiger partial charge in [-0.25, -0.2) is 4.79 Å². The van der Waals surface area contributed by atoms with E-state index in [4.69, 9.17) is 9.84 Å². The fourth-order valence-corrected chi connectivity index (χ4v) is 1.63. The van der Waals surface area contributed by atoms with E-state index >= 15 is 0 Å². The molecule has 0 aliphatic rings.